The van der Waals surface area contributed by atoms with Gasteiger partial charge in [0.25, 0.3) is 0 Å². The highest BCUT2D eigenvalue weighted by molar-refractivity contribution is 6.84. The second-order valence-electron chi connectivity index (χ2n) is 4.04. The average Bonchev–Trinajstić information content (AvgIpc) is 2.30. The Balaban J connectivity index is 2.29. The van der Waals surface area contributed by atoms with Crippen LogP contribution in [0.4, 0.5) is 0 Å². The van der Waals surface area contributed by atoms with Crippen molar-refractivity contribution in [3.8, 4) is 0 Å². The maximum absolute atomic E-state index is 2.39. The molecule has 2 aromatic rings. The van der Waals surface area contributed by atoms with E-state index in [4.69, 9.17) is 0 Å². The fourth-order valence-corrected chi connectivity index (χ4v) is 3.74. The van der Waals surface area contributed by atoms with Crippen LogP contribution in [0.3, 0.4) is 0 Å². The van der Waals surface area contributed by atoms with Crippen molar-refractivity contribution in [1.29, 1.82) is 0 Å². The third-order valence-corrected chi connectivity index (χ3v) is 5.65. The molecule has 0 aromatic heterocycles. The predicted octanol–water partition coefficient (Wildman–Crippen LogP) is 1.97. The van der Waals surface area contributed by atoms with E-state index in [2.05, 4.69) is 68.1 Å². The standard InChI is InChI=1S/C14H16Si/c1-12-8-10-14(11-9-12)15(2)13-6-4-3-5-7-13/h3-11,15H,1-2H3. The van der Waals surface area contributed by atoms with E-state index in [-0.39, 0.29) is 0 Å². The summed E-state index contributed by atoms with van der Waals surface area (Å²) in [5.41, 5.74) is 1.34. The van der Waals surface area contributed by atoms with Gasteiger partial charge in [-0.1, -0.05) is 77.1 Å². The van der Waals surface area contributed by atoms with Gasteiger partial charge in [-0.2, -0.15) is 0 Å². The molecule has 0 aliphatic heterocycles. The molecule has 76 valence electrons. The van der Waals surface area contributed by atoms with Crippen LogP contribution >= 0.6 is 0 Å². The van der Waals surface area contributed by atoms with Gasteiger partial charge in [-0.15, -0.1) is 0 Å². The lowest BCUT2D eigenvalue weighted by Crippen LogP contribution is -2.38. The van der Waals surface area contributed by atoms with Crippen LogP contribution in [0, 0.1) is 6.92 Å². The van der Waals surface area contributed by atoms with Gasteiger partial charge in [0.1, 0.15) is 0 Å². The third-order valence-electron chi connectivity index (χ3n) is 2.88. The summed E-state index contributed by atoms with van der Waals surface area (Å²) in [6, 6.07) is 19.8. The molecule has 0 fully saturated rings. The maximum atomic E-state index is 2.39. The monoisotopic (exact) mass is 212 g/mol. The van der Waals surface area contributed by atoms with Gasteiger partial charge in [-0.3, -0.25) is 0 Å². The lowest BCUT2D eigenvalue weighted by Gasteiger charge is -2.10. The summed E-state index contributed by atoms with van der Waals surface area (Å²) >= 11 is 0. The first-order valence-electron chi connectivity index (χ1n) is 5.39. The number of benzene rings is 2. The second-order valence-corrected chi connectivity index (χ2v) is 6.82. The quantitative estimate of drug-likeness (QED) is 0.668. The van der Waals surface area contributed by atoms with Crippen LogP contribution in [-0.4, -0.2) is 8.80 Å². The van der Waals surface area contributed by atoms with E-state index >= 15 is 0 Å². The van der Waals surface area contributed by atoms with Crippen LogP contribution in [0.2, 0.25) is 6.55 Å². The minimum absolute atomic E-state index is 0.939. The number of hydrogen-bond donors (Lipinski definition) is 0. The van der Waals surface area contributed by atoms with Gasteiger partial charge in [0.2, 0.25) is 0 Å². The molecule has 0 saturated carbocycles. The number of rotatable bonds is 2. The molecule has 0 amide bonds. The highest BCUT2D eigenvalue weighted by atomic mass is 28.3. The molecule has 0 aliphatic rings. The molecule has 15 heavy (non-hydrogen) atoms. The van der Waals surface area contributed by atoms with Crippen LogP contribution in [0.5, 0.6) is 0 Å². The van der Waals surface area contributed by atoms with E-state index in [1.54, 1.807) is 0 Å². The first kappa shape index (κ1) is 10.2. The normalized spacial score (nSPS) is 12.4. The van der Waals surface area contributed by atoms with E-state index in [1.807, 2.05) is 0 Å². The van der Waals surface area contributed by atoms with Crippen molar-refractivity contribution >= 4 is 19.2 Å². The fraction of sp³-hybridized carbons (Fsp3) is 0.143. The molecule has 0 bridgehead atoms. The van der Waals surface area contributed by atoms with Crippen LogP contribution in [-0.2, 0) is 0 Å². The Labute approximate surface area is 93.2 Å². The van der Waals surface area contributed by atoms with Crippen LogP contribution < -0.4 is 10.4 Å². The molecular formula is C14H16Si. The van der Waals surface area contributed by atoms with Gasteiger partial charge >= 0.3 is 0 Å². The van der Waals surface area contributed by atoms with Crippen molar-refractivity contribution in [2.45, 2.75) is 13.5 Å². The predicted molar refractivity (Wildman–Crippen MR) is 69.9 cm³/mol. The first-order valence-corrected chi connectivity index (χ1v) is 7.70. The Bertz CT molecular complexity index is 417. The molecule has 2 rings (SSSR count). The lowest BCUT2D eigenvalue weighted by atomic mass is 10.2. The summed E-state index contributed by atoms with van der Waals surface area (Å²) in [4.78, 5) is 0. The van der Waals surface area contributed by atoms with Gasteiger partial charge in [-0.25, -0.2) is 0 Å². The van der Waals surface area contributed by atoms with E-state index in [0.717, 1.165) is 0 Å². The number of hydrogen-bond acceptors (Lipinski definition) is 0. The Kier molecular flexibility index (Phi) is 3.02. The molecule has 0 radical (unpaired) electrons. The summed E-state index contributed by atoms with van der Waals surface area (Å²) in [5, 5.41) is 3.04. The molecule has 0 nitrogen and oxygen atoms in total. The largest absolute Gasteiger partial charge is 0.0997 e. The SMILES string of the molecule is Cc1ccc([SiH](C)c2ccccc2)cc1. The van der Waals surface area contributed by atoms with Gasteiger partial charge in [0.15, 0.2) is 0 Å². The van der Waals surface area contributed by atoms with Crippen molar-refractivity contribution in [2.24, 2.45) is 0 Å². The van der Waals surface area contributed by atoms with Crippen LogP contribution in [0.15, 0.2) is 54.6 Å². The molecule has 0 saturated heterocycles. The highest BCUT2D eigenvalue weighted by Gasteiger charge is 2.08. The Hall–Kier alpha value is -1.34. The van der Waals surface area contributed by atoms with E-state index in [0.29, 0.717) is 0 Å². The van der Waals surface area contributed by atoms with Gasteiger partial charge in [-0.05, 0) is 6.92 Å². The minimum Gasteiger partial charge on any atom is -0.0642 e. The maximum Gasteiger partial charge on any atom is 0.0997 e. The van der Waals surface area contributed by atoms with E-state index in [1.165, 1.54) is 15.9 Å². The van der Waals surface area contributed by atoms with Crippen molar-refractivity contribution in [3.63, 3.8) is 0 Å². The highest BCUT2D eigenvalue weighted by Crippen LogP contribution is 1.96. The smallest absolute Gasteiger partial charge is 0.0642 e. The zero-order valence-corrected chi connectivity index (χ0v) is 10.4. The molecule has 0 N–H and O–H groups in total. The molecular weight excluding hydrogens is 196 g/mol. The molecule has 2 aromatic carbocycles. The third kappa shape index (κ3) is 2.36. The van der Waals surface area contributed by atoms with Gasteiger partial charge in [0, 0.05) is 0 Å². The molecule has 0 heterocycles. The summed E-state index contributed by atoms with van der Waals surface area (Å²) < 4.78 is 0. The van der Waals surface area contributed by atoms with Crippen molar-refractivity contribution in [1.82, 2.24) is 0 Å². The average molecular weight is 212 g/mol. The molecule has 0 aliphatic carbocycles. The van der Waals surface area contributed by atoms with Crippen molar-refractivity contribution in [2.75, 3.05) is 0 Å². The summed E-state index contributed by atoms with van der Waals surface area (Å²) in [6.07, 6.45) is 0. The summed E-state index contributed by atoms with van der Waals surface area (Å²) in [5.74, 6) is 0. The topological polar surface area (TPSA) is 0 Å². The molecule has 1 heteroatoms. The second kappa shape index (κ2) is 4.45. The zero-order valence-electron chi connectivity index (χ0n) is 9.27. The molecule has 0 spiro atoms. The Morgan fingerprint density at radius 3 is 1.87 bits per heavy atom. The molecule has 1 unspecified atom stereocenters. The minimum atomic E-state index is -0.939. The lowest BCUT2D eigenvalue weighted by molar-refractivity contribution is 1.49. The summed E-state index contributed by atoms with van der Waals surface area (Å²) in [7, 11) is -0.939. The van der Waals surface area contributed by atoms with Crippen molar-refractivity contribution < 1.29 is 0 Å². The Morgan fingerprint density at radius 2 is 1.27 bits per heavy atom. The summed E-state index contributed by atoms with van der Waals surface area (Å²) in [6.45, 7) is 4.53. The van der Waals surface area contributed by atoms with E-state index in [9.17, 15) is 0 Å². The fourth-order valence-electron chi connectivity index (χ4n) is 1.79. The van der Waals surface area contributed by atoms with Gasteiger partial charge < -0.3 is 0 Å². The Morgan fingerprint density at radius 1 is 0.733 bits per heavy atom. The van der Waals surface area contributed by atoms with Gasteiger partial charge in [0.05, 0.1) is 8.80 Å². The van der Waals surface area contributed by atoms with Crippen molar-refractivity contribution in [3.05, 3.63) is 60.2 Å². The molecule has 1 atom stereocenters. The zero-order chi connectivity index (χ0) is 10.7. The van der Waals surface area contributed by atoms with Crippen LogP contribution in [0.1, 0.15) is 5.56 Å². The number of aryl methyl sites for hydroxylation is 1. The first-order chi connectivity index (χ1) is 7.27. The van der Waals surface area contributed by atoms with Crippen LogP contribution in [0.25, 0.3) is 0 Å². The van der Waals surface area contributed by atoms with E-state index < -0.39 is 8.80 Å².